The van der Waals surface area contributed by atoms with Gasteiger partial charge < -0.3 is 9.47 Å². The highest BCUT2D eigenvalue weighted by molar-refractivity contribution is 4.67. The van der Waals surface area contributed by atoms with Crippen LogP contribution in [0.5, 0.6) is 0 Å². The zero-order valence-corrected chi connectivity index (χ0v) is 17.8. The molecule has 0 saturated carbocycles. The van der Waals surface area contributed by atoms with E-state index in [1.807, 2.05) is 0 Å². The van der Waals surface area contributed by atoms with Crippen molar-refractivity contribution < 1.29 is 9.47 Å². The Bertz CT molecular complexity index is 265. The fourth-order valence-electron chi connectivity index (χ4n) is 3.22. The van der Waals surface area contributed by atoms with Crippen LogP contribution in [0.2, 0.25) is 0 Å². The molecular weight excluding hydrogens is 320 g/mol. The quantitative estimate of drug-likeness (QED) is 0.144. The summed E-state index contributed by atoms with van der Waals surface area (Å²) in [5.41, 5.74) is 0. The summed E-state index contributed by atoms with van der Waals surface area (Å²) in [6.07, 6.45) is 24.1. The maximum Gasteiger partial charge on any atom is 0.0813 e. The zero-order valence-electron chi connectivity index (χ0n) is 17.8. The molecule has 0 spiro atoms. The van der Waals surface area contributed by atoms with E-state index in [-0.39, 0.29) is 6.10 Å². The minimum absolute atomic E-state index is 0.0749. The van der Waals surface area contributed by atoms with E-state index in [1.54, 1.807) is 6.08 Å². The lowest BCUT2D eigenvalue weighted by molar-refractivity contribution is 0.0168. The van der Waals surface area contributed by atoms with Crippen molar-refractivity contribution in [2.24, 2.45) is 0 Å². The normalized spacial score (nSPS) is 12.4. The summed E-state index contributed by atoms with van der Waals surface area (Å²) in [5.74, 6) is 0. The first-order chi connectivity index (χ1) is 12.8. The van der Waals surface area contributed by atoms with Crippen LogP contribution in [0.1, 0.15) is 110 Å². The molecule has 0 fully saturated rings. The summed E-state index contributed by atoms with van der Waals surface area (Å²) >= 11 is 0. The fraction of sp³-hybridized carbons (Fsp3) is 0.875. The van der Waals surface area contributed by atoms with Gasteiger partial charge in [0.15, 0.2) is 0 Å². The van der Waals surface area contributed by atoms with E-state index in [2.05, 4.69) is 20.4 Å². The summed E-state index contributed by atoms with van der Waals surface area (Å²) in [4.78, 5) is 0. The lowest BCUT2D eigenvalue weighted by Crippen LogP contribution is -2.16. The molecule has 0 saturated heterocycles. The molecule has 0 aliphatic rings. The number of unbranched alkanes of at least 4 members (excludes halogenated alkanes) is 15. The first-order valence-electron chi connectivity index (χ1n) is 11.4. The summed E-state index contributed by atoms with van der Waals surface area (Å²) < 4.78 is 11.0. The Kier molecular flexibility index (Phi) is 22.4. The van der Waals surface area contributed by atoms with Crippen LogP contribution in [-0.4, -0.2) is 25.9 Å². The molecule has 0 aliphatic heterocycles. The Balaban J connectivity index is 3.04. The van der Waals surface area contributed by atoms with Crippen molar-refractivity contribution >= 4 is 0 Å². The molecule has 2 nitrogen and oxygen atoms in total. The molecule has 0 aromatic carbocycles. The minimum atomic E-state index is -0.0749. The molecule has 0 rings (SSSR count). The number of hydrogen-bond donors (Lipinski definition) is 0. The van der Waals surface area contributed by atoms with Crippen molar-refractivity contribution in [3.05, 3.63) is 19.6 Å². The maximum atomic E-state index is 5.59. The number of ether oxygens (including phenoxy) is 2. The molecule has 0 bridgehead atoms. The third-order valence-electron chi connectivity index (χ3n) is 4.90. The molecule has 0 N–H and O–H groups in total. The highest BCUT2D eigenvalue weighted by Crippen LogP contribution is 2.13. The second-order valence-corrected chi connectivity index (χ2v) is 7.62. The highest BCUT2D eigenvalue weighted by Gasteiger charge is 2.00. The largest absolute Gasteiger partial charge is 0.379 e. The highest BCUT2D eigenvalue weighted by atomic mass is 16.5. The second-order valence-electron chi connectivity index (χ2n) is 7.62. The Morgan fingerprint density at radius 1 is 0.692 bits per heavy atom. The number of rotatable bonds is 22. The smallest absolute Gasteiger partial charge is 0.0813 e. The monoisotopic (exact) mass is 367 g/mol. The van der Waals surface area contributed by atoms with Crippen LogP contribution in [0.3, 0.4) is 0 Å². The van der Waals surface area contributed by atoms with Gasteiger partial charge in [-0.1, -0.05) is 109 Å². The standard InChI is InChI=1S/C24H47O2/c1-4-6-7-8-9-10-11-12-13-14-15-16-17-18-19-20-22-25-23-24(3)26-21-5-2/h5,24H,2-4,6-23H2,1H3/t24-/m1/s1. The zero-order chi connectivity index (χ0) is 19.1. The molecule has 0 aliphatic carbocycles. The fourth-order valence-corrected chi connectivity index (χ4v) is 3.22. The Morgan fingerprint density at radius 3 is 1.54 bits per heavy atom. The summed E-state index contributed by atoms with van der Waals surface area (Å²) in [6.45, 7) is 11.8. The Morgan fingerprint density at radius 2 is 1.12 bits per heavy atom. The van der Waals surface area contributed by atoms with Gasteiger partial charge in [0.2, 0.25) is 0 Å². The Labute approximate surface area is 165 Å². The third-order valence-corrected chi connectivity index (χ3v) is 4.90. The van der Waals surface area contributed by atoms with Gasteiger partial charge >= 0.3 is 0 Å². The second kappa shape index (κ2) is 22.7. The maximum absolute atomic E-state index is 5.59. The van der Waals surface area contributed by atoms with Crippen molar-refractivity contribution in [3.63, 3.8) is 0 Å². The van der Waals surface area contributed by atoms with Crippen LogP contribution in [-0.2, 0) is 9.47 Å². The molecule has 1 radical (unpaired) electrons. The molecule has 155 valence electrons. The molecule has 0 unspecified atom stereocenters. The van der Waals surface area contributed by atoms with Gasteiger partial charge in [-0.3, -0.25) is 0 Å². The van der Waals surface area contributed by atoms with Crippen molar-refractivity contribution in [1.29, 1.82) is 0 Å². The average molecular weight is 368 g/mol. The van der Waals surface area contributed by atoms with Gasteiger partial charge in [-0.05, 0) is 13.3 Å². The van der Waals surface area contributed by atoms with E-state index in [4.69, 9.17) is 9.47 Å². The predicted molar refractivity (Wildman–Crippen MR) is 116 cm³/mol. The lowest BCUT2D eigenvalue weighted by Gasteiger charge is -2.11. The van der Waals surface area contributed by atoms with Crippen LogP contribution in [0.15, 0.2) is 12.7 Å². The van der Waals surface area contributed by atoms with Gasteiger partial charge in [0.05, 0.1) is 19.3 Å². The van der Waals surface area contributed by atoms with Crippen molar-refractivity contribution in [3.8, 4) is 0 Å². The van der Waals surface area contributed by atoms with Crippen LogP contribution < -0.4 is 0 Å². The number of hydrogen-bond acceptors (Lipinski definition) is 2. The molecule has 0 aromatic rings. The van der Waals surface area contributed by atoms with Crippen molar-refractivity contribution in [2.45, 2.75) is 116 Å². The third kappa shape index (κ3) is 21.7. The molecule has 1 atom stereocenters. The Hall–Kier alpha value is -0.340. The first kappa shape index (κ1) is 25.7. The van der Waals surface area contributed by atoms with E-state index in [0.717, 1.165) is 13.0 Å². The summed E-state index contributed by atoms with van der Waals surface area (Å²) in [5, 5.41) is 0. The van der Waals surface area contributed by atoms with Crippen LogP contribution in [0.4, 0.5) is 0 Å². The molecule has 2 heteroatoms. The van der Waals surface area contributed by atoms with Gasteiger partial charge in [-0.2, -0.15) is 0 Å². The van der Waals surface area contributed by atoms with Gasteiger partial charge in [0.1, 0.15) is 0 Å². The molecule has 0 heterocycles. The van der Waals surface area contributed by atoms with Crippen LogP contribution in [0, 0.1) is 6.92 Å². The predicted octanol–water partition coefficient (Wildman–Crippen LogP) is 7.67. The van der Waals surface area contributed by atoms with Crippen molar-refractivity contribution in [2.75, 3.05) is 19.8 Å². The van der Waals surface area contributed by atoms with Crippen LogP contribution >= 0.6 is 0 Å². The summed E-state index contributed by atoms with van der Waals surface area (Å²) in [6, 6.07) is 0. The van der Waals surface area contributed by atoms with Crippen LogP contribution in [0.25, 0.3) is 0 Å². The van der Waals surface area contributed by atoms with Gasteiger partial charge in [-0.25, -0.2) is 0 Å². The van der Waals surface area contributed by atoms with Gasteiger partial charge in [0.25, 0.3) is 0 Å². The SMILES string of the molecule is [CH2][C@H](COCCCCCCCCCCCCCCCCCC)OCC=C. The van der Waals surface area contributed by atoms with E-state index in [1.165, 1.54) is 96.3 Å². The molecular formula is C24H47O2. The average Bonchev–Trinajstić information content (AvgIpc) is 2.65. The lowest BCUT2D eigenvalue weighted by atomic mass is 10.0. The van der Waals surface area contributed by atoms with Gasteiger partial charge in [0, 0.05) is 6.61 Å². The minimum Gasteiger partial charge on any atom is -0.379 e. The topological polar surface area (TPSA) is 18.5 Å². The first-order valence-corrected chi connectivity index (χ1v) is 11.4. The van der Waals surface area contributed by atoms with E-state index < -0.39 is 0 Å². The molecule has 0 aromatic heterocycles. The molecule has 0 amide bonds. The van der Waals surface area contributed by atoms with Gasteiger partial charge in [-0.15, -0.1) is 6.58 Å². The van der Waals surface area contributed by atoms with E-state index in [9.17, 15) is 0 Å². The van der Waals surface area contributed by atoms with Crippen molar-refractivity contribution in [1.82, 2.24) is 0 Å². The van der Waals surface area contributed by atoms with E-state index >= 15 is 0 Å². The summed E-state index contributed by atoms with van der Waals surface area (Å²) in [7, 11) is 0. The molecule has 26 heavy (non-hydrogen) atoms. The van der Waals surface area contributed by atoms with E-state index in [0.29, 0.717) is 13.2 Å².